The summed E-state index contributed by atoms with van der Waals surface area (Å²) in [5.74, 6) is 2.38. The van der Waals surface area contributed by atoms with Gasteiger partial charge in [-0.25, -0.2) is 0 Å². The maximum absolute atomic E-state index is 6.04. The number of aryl methyl sites for hydroxylation is 2. The normalized spacial score (nSPS) is 11.1. The Balaban J connectivity index is 1.77. The number of para-hydroxylation sites is 1. The fourth-order valence-electron chi connectivity index (χ4n) is 2.70. The van der Waals surface area contributed by atoms with Gasteiger partial charge in [-0.2, -0.15) is 0 Å². The van der Waals surface area contributed by atoms with Crippen molar-refractivity contribution < 1.29 is 4.42 Å². The van der Waals surface area contributed by atoms with Gasteiger partial charge in [0.25, 0.3) is 0 Å². The van der Waals surface area contributed by atoms with Crippen molar-refractivity contribution in [3.05, 3.63) is 70.9 Å². The first-order chi connectivity index (χ1) is 13.1. The molecule has 0 atom stereocenters. The number of hydrogen-bond donors (Lipinski definition) is 0. The molecular weight excluding hydrogens is 382 g/mol. The highest BCUT2D eigenvalue weighted by Gasteiger charge is 2.18. The van der Waals surface area contributed by atoms with Crippen molar-refractivity contribution in [2.45, 2.75) is 24.8 Å². The quantitative estimate of drug-likeness (QED) is 0.447. The number of hydrogen-bond acceptors (Lipinski definition) is 6. The number of nitrogens with zero attached hydrogens (tertiary/aromatic N) is 5. The second-order valence-corrected chi connectivity index (χ2v) is 7.32. The van der Waals surface area contributed by atoms with Crippen LogP contribution < -0.4 is 0 Å². The molecule has 0 aliphatic rings. The summed E-state index contributed by atoms with van der Waals surface area (Å²) in [7, 11) is 0. The van der Waals surface area contributed by atoms with Gasteiger partial charge in [-0.3, -0.25) is 4.57 Å². The summed E-state index contributed by atoms with van der Waals surface area (Å²) in [5.41, 5.74) is 3.09. The Morgan fingerprint density at radius 2 is 1.74 bits per heavy atom. The summed E-state index contributed by atoms with van der Waals surface area (Å²) in [6.45, 7) is 3.84. The Labute approximate surface area is 165 Å². The Hall–Kier alpha value is -2.64. The molecule has 0 fully saturated rings. The van der Waals surface area contributed by atoms with Crippen molar-refractivity contribution in [1.82, 2.24) is 25.0 Å². The van der Waals surface area contributed by atoms with E-state index in [0.717, 1.165) is 27.8 Å². The molecule has 136 valence electrons. The van der Waals surface area contributed by atoms with Gasteiger partial charge in [-0.15, -0.1) is 20.4 Å². The first-order valence-corrected chi connectivity index (χ1v) is 9.67. The van der Waals surface area contributed by atoms with E-state index in [4.69, 9.17) is 16.0 Å². The highest BCUT2D eigenvalue weighted by molar-refractivity contribution is 7.98. The van der Waals surface area contributed by atoms with E-state index in [-0.39, 0.29) is 0 Å². The zero-order chi connectivity index (χ0) is 18.8. The van der Waals surface area contributed by atoms with Crippen LogP contribution in [0.5, 0.6) is 0 Å². The van der Waals surface area contributed by atoms with E-state index < -0.39 is 0 Å². The Morgan fingerprint density at radius 3 is 2.44 bits per heavy atom. The molecule has 0 aliphatic carbocycles. The van der Waals surface area contributed by atoms with E-state index >= 15 is 0 Å². The van der Waals surface area contributed by atoms with Crippen molar-refractivity contribution in [3.8, 4) is 17.1 Å². The van der Waals surface area contributed by atoms with Gasteiger partial charge in [-0.1, -0.05) is 41.6 Å². The predicted molar refractivity (Wildman–Crippen MR) is 105 cm³/mol. The largest absolute Gasteiger partial charge is 0.425 e. The van der Waals surface area contributed by atoms with Crippen LogP contribution in [0.25, 0.3) is 17.1 Å². The van der Waals surface area contributed by atoms with Crippen LogP contribution in [0.4, 0.5) is 0 Å². The summed E-state index contributed by atoms with van der Waals surface area (Å²) in [5, 5.41) is 18.2. The minimum absolute atomic E-state index is 0.519. The van der Waals surface area contributed by atoms with Crippen molar-refractivity contribution in [2.75, 3.05) is 0 Å². The predicted octanol–water partition coefficient (Wildman–Crippen LogP) is 4.88. The van der Waals surface area contributed by atoms with E-state index in [0.29, 0.717) is 22.6 Å². The molecule has 0 N–H and O–H groups in total. The molecule has 2 aromatic heterocycles. The zero-order valence-corrected chi connectivity index (χ0v) is 16.3. The Bertz CT molecular complexity index is 1070. The van der Waals surface area contributed by atoms with Gasteiger partial charge in [0.05, 0.1) is 11.4 Å². The molecule has 4 aromatic rings. The summed E-state index contributed by atoms with van der Waals surface area (Å²) in [6.07, 6.45) is 0. The second-order valence-electron chi connectivity index (χ2n) is 5.94. The van der Waals surface area contributed by atoms with Crippen molar-refractivity contribution in [2.24, 2.45) is 0 Å². The maximum atomic E-state index is 6.04. The minimum Gasteiger partial charge on any atom is -0.425 e. The van der Waals surface area contributed by atoms with Crippen molar-refractivity contribution >= 4 is 23.4 Å². The standard InChI is InChI=1S/C19H16ClN5OS/c1-12-5-3-4-6-16(12)25-18(14-7-9-15(20)10-8-14)23-24-19(25)27-11-17-22-21-13(2)26-17/h3-10H,11H2,1-2H3. The maximum Gasteiger partial charge on any atom is 0.226 e. The molecular formula is C19H16ClN5OS. The average molecular weight is 398 g/mol. The lowest BCUT2D eigenvalue weighted by molar-refractivity contribution is 0.485. The van der Waals surface area contributed by atoms with E-state index in [1.807, 2.05) is 41.0 Å². The monoisotopic (exact) mass is 397 g/mol. The van der Waals surface area contributed by atoms with Gasteiger partial charge >= 0.3 is 0 Å². The SMILES string of the molecule is Cc1nnc(CSc2nnc(-c3ccc(Cl)cc3)n2-c2ccccc2C)o1. The molecule has 0 bridgehead atoms. The average Bonchev–Trinajstić information content (AvgIpc) is 3.27. The molecule has 0 spiro atoms. The van der Waals surface area contributed by atoms with Crippen molar-refractivity contribution in [3.63, 3.8) is 0 Å². The fraction of sp³-hybridized carbons (Fsp3) is 0.158. The van der Waals surface area contributed by atoms with Gasteiger partial charge in [-0.05, 0) is 42.8 Å². The first-order valence-electron chi connectivity index (χ1n) is 8.31. The summed E-state index contributed by atoms with van der Waals surface area (Å²) >= 11 is 7.54. The number of halogens is 1. The molecule has 27 heavy (non-hydrogen) atoms. The highest BCUT2D eigenvalue weighted by atomic mass is 35.5. The number of aromatic nitrogens is 5. The molecule has 0 radical (unpaired) electrons. The van der Waals surface area contributed by atoms with Gasteiger partial charge in [0.1, 0.15) is 0 Å². The molecule has 4 rings (SSSR count). The number of benzene rings is 2. The summed E-state index contributed by atoms with van der Waals surface area (Å²) in [6, 6.07) is 15.7. The minimum atomic E-state index is 0.519. The molecule has 0 saturated carbocycles. The van der Waals surface area contributed by atoms with Crippen LogP contribution in [-0.4, -0.2) is 25.0 Å². The van der Waals surface area contributed by atoms with Gasteiger partial charge in [0.2, 0.25) is 11.8 Å². The molecule has 0 amide bonds. The highest BCUT2D eigenvalue weighted by Crippen LogP contribution is 2.31. The number of rotatable bonds is 5. The smallest absolute Gasteiger partial charge is 0.226 e. The van der Waals surface area contributed by atoms with E-state index in [1.54, 1.807) is 6.92 Å². The molecule has 0 unspecified atom stereocenters. The molecule has 2 aromatic carbocycles. The van der Waals surface area contributed by atoms with Crippen LogP contribution in [0, 0.1) is 13.8 Å². The molecule has 2 heterocycles. The van der Waals surface area contributed by atoms with Crippen LogP contribution in [0.15, 0.2) is 58.1 Å². The zero-order valence-electron chi connectivity index (χ0n) is 14.8. The lowest BCUT2D eigenvalue weighted by Crippen LogP contribution is -2.02. The van der Waals surface area contributed by atoms with Gasteiger partial charge in [0, 0.05) is 17.5 Å². The van der Waals surface area contributed by atoms with E-state index in [9.17, 15) is 0 Å². The molecule has 0 aliphatic heterocycles. The second kappa shape index (κ2) is 7.54. The molecule has 6 nitrogen and oxygen atoms in total. The lowest BCUT2D eigenvalue weighted by atomic mass is 10.1. The topological polar surface area (TPSA) is 69.6 Å². The summed E-state index contributed by atoms with van der Waals surface area (Å²) < 4.78 is 7.51. The van der Waals surface area contributed by atoms with Crippen LogP contribution in [0.3, 0.4) is 0 Å². The molecule has 8 heteroatoms. The third kappa shape index (κ3) is 3.74. The third-order valence-electron chi connectivity index (χ3n) is 3.98. The first kappa shape index (κ1) is 17.8. The van der Waals surface area contributed by atoms with E-state index in [1.165, 1.54) is 11.8 Å². The fourth-order valence-corrected chi connectivity index (χ4v) is 3.61. The van der Waals surface area contributed by atoms with Gasteiger partial charge in [0.15, 0.2) is 11.0 Å². The Kier molecular flexibility index (Phi) is 4.96. The van der Waals surface area contributed by atoms with Crippen LogP contribution in [0.1, 0.15) is 17.3 Å². The molecule has 0 saturated heterocycles. The van der Waals surface area contributed by atoms with Crippen LogP contribution >= 0.6 is 23.4 Å². The summed E-state index contributed by atoms with van der Waals surface area (Å²) in [4.78, 5) is 0. The van der Waals surface area contributed by atoms with Crippen molar-refractivity contribution in [1.29, 1.82) is 0 Å². The number of thioether (sulfide) groups is 1. The Morgan fingerprint density at radius 1 is 0.963 bits per heavy atom. The van der Waals surface area contributed by atoms with E-state index in [2.05, 4.69) is 39.5 Å². The lowest BCUT2D eigenvalue weighted by Gasteiger charge is -2.12. The van der Waals surface area contributed by atoms with Gasteiger partial charge < -0.3 is 4.42 Å². The van der Waals surface area contributed by atoms with Crippen LogP contribution in [-0.2, 0) is 5.75 Å². The third-order valence-corrected chi connectivity index (χ3v) is 5.15. The van der Waals surface area contributed by atoms with Crippen LogP contribution in [0.2, 0.25) is 5.02 Å².